The van der Waals surface area contributed by atoms with Gasteiger partial charge in [-0.15, -0.1) is 0 Å². The van der Waals surface area contributed by atoms with Gasteiger partial charge >= 0.3 is 0 Å². The Morgan fingerprint density at radius 3 is 2.42 bits per heavy atom. The standard InChI is InChI=1S/C17H20F2/c1-2-17(18,19)12-6-5-7-14-10-11-15-8-3-4-9-16(15)13-14/h3-4,8-11,13H,2,5-7,12H2,1H3. The molecule has 0 aromatic heterocycles. The third kappa shape index (κ3) is 4.02. The molecule has 0 saturated heterocycles. The zero-order valence-corrected chi connectivity index (χ0v) is 11.3. The molecule has 0 heterocycles. The van der Waals surface area contributed by atoms with Crippen LogP contribution in [0.2, 0.25) is 0 Å². The van der Waals surface area contributed by atoms with E-state index in [-0.39, 0.29) is 12.8 Å². The van der Waals surface area contributed by atoms with E-state index in [0.29, 0.717) is 6.42 Å². The molecule has 0 fully saturated rings. The molecule has 0 nitrogen and oxygen atoms in total. The number of unbranched alkanes of at least 4 members (excludes halogenated alkanes) is 1. The summed E-state index contributed by atoms with van der Waals surface area (Å²) in [6, 6.07) is 14.6. The molecule has 0 amide bonds. The van der Waals surface area contributed by atoms with Gasteiger partial charge in [0.1, 0.15) is 0 Å². The van der Waals surface area contributed by atoms with E-state index < -0.39 is 5.92 Å². The predicted molar refractivity (Wildman–Crippen MR) is 76.7 cm³/mol. The van der Waals surface area contributed by atoms with Crippen LogP contribution in [0.3, 0.4) is 0 Å². The number of fused-ring (bicyclic) bond motifs is 1. The normalized spacial score (nSPS) is 11.9. The average molecular weight is 262 g/mol. The second-order valence-corrected chi connectivity index (χ2v) is 5.10. The fraction of sp³-hybridized carbons (Fsp3) is 0.412. The van der Waals surface area contributed by atoms with Crippen LogP contribution < -0.4 is 0 Å². The van der Waals surface area contributed by atoms with Crippen molar-refractivity contribution in [3.05, 3.63) is 48.0 Å². The lowest BCUT2D eigenvalue weighted by molar-refractivity contribution is -0.0135. The summed E-state index contributed by atoms with van der Waals surface area (Å²) in [5.74, 6) is -2.48. The molecule has 19 heavy (non-hydrogen) atoms. The van der Waals surface area contributed by atoms with E-state index in [1.165, 1.54) is 16.3 Å². The summed E-state index contributed by atoms with van der Waals surface area (Å²) in [7, 11) is 0. The summed E-state index contributed by atoms with van der Waals surface area (Å²) in [6.45, 7) is 1.54. The molecule has 2 aromatic carbocycles. The summed E-state index contributed by atoms with van der Waals surface area (Å²) in [6.07, 6.45) is 2.26. The molecule has 0 saturated carbocycles. The van der Waals surface area contributed by atoms with Crippen LogP contribution in [0.15, 0.2) is 42.5 Å². The van der Waals surface area contributed by atoms with Crippen molar-refractivity contribution in [3.63, 3.8) is 0 Å². The lowest BCUT2D eigenvalue weighted by Crippen LogP contribution is -2.13. The molecule has 0 unspecified atom stereocenters. The molecule has 0 aliphatic rings. The highest BCUT2D eigenvalue weighted by atomic mass is 19.3. The highest BCUT2D eigenvalue weighted by molar-refractivity contribution is 5.82. The van der Waals surface area contributed by atoms with Crippen molar-refractivity contribution in [3.8, 4) is 0 Å². The van der Waals surface area contributed by atoms with Crippen LogP contribution in [0.5, 0.6) is 0 Å². The molecule has 102 valence electrons. The Kier molecular flexibility index (Phi) is 4.52. The van der Waals surface area contributed by atoms with E-state index in [0.717, 1.165) is 12.8 Å². The topological polar surface area (TPSA) is 0 Å². The van der Waals surface area contributed by atoms with Crippen molar-refractivity contribution in [2.75, 3.05) is 0 Å². The van der Waals surface area contributed by atoms with Gasteiger partial charge in [0.15, 0.2) is 0 Å². The van der Waals surface area contributed by atoms with Crippen LogP contribution in [-0.4, -0.2) is 5.92 Å². The SMILES string of the molecule is CCC(F)(F)CCCCc1ccc2ccccc2c1. The lowest BCUT2D eigenvalue weighted by atomic mass is 10.0. The molecule has 0 N–H and O–H groups in total. The first-order chi connectivity index (χ1) is 9.11. The van der Waals surface area contributed by atoms with Gasteiger partial charge in [-0.05, 0) is 35.6 Å². The van der Waals surface area contributed by atoms with Crippen LogP contribution >= 0.6 is 0 Å². The lowest BCUT2D eigenvalue weighted by Gasteiger charge is -2.13. The summed E-state index contributed by atoms with van der Waals surface area (Å²) >= 11 is 0. The molecule has 0 aliphatic carbocycles. The summed E-state index contributed by atoms with van der Waals surface area (Å²) in [4.78, 5) is 0. The number of benzene rings is 2. The summed E-state index contributed by atoms with van der Waals surface area (Å²) < 4.78 is 26.2. The summed E-state index contributed by atoms with van der Waals surface area (Å²) in [5.41, 5.74) is 1.23. The molecule has 0 radical (unpaired) electrons. The van der Waals surface area contributed by atoms with E-state index in [4.69, 9.17) is 0 Å². The Balaban J connectivity index is 1.88. The minimum atomic E-state index is -2.48. The van der Waals surface area contributed by atoms with Crippen molar-refractivity contribution >= 4 is 10.8 Å². The maximum absolute atomic E-state index is 13.1. The Labute approximate surface area is 113 Å². The zero-order valence-electron chi connectivity index (χ0n) is 11.3. The first-order valence-electron chi connectivity index (χ1n) is 6.96. The van der Waals surface area contributed by atoms with Gasteiger partial charge in [0.25, 0.3) is 0 Å². The molecule has 2 heteroatoms. The fourth-order valence-electron chi connectivity index (χ4n) is 2.28. The molecule has 0 spiro atoms. The Hall–Kier alpha value is -1.44. The molecular formula is C17H20F2. The molecule has 0 atom stereocenters. The van der Waals surface area contributed by atoms with Gasteiger partial charge in [-0.1, -0.05) is 49.4 Å². The second kappa shape index (κ2) is 6.14. The summed E-state index contributed by atoms with van der Waals surface area (Å²) in [5, 5.41) is 2.45. The maximum atomic E-state index is 13.1. The Morgan fingerprint density at radius 1 is 0.947 bits per heavy atom. The monoisotopic (exact) mass is 262 g/mol. The van der Waals surface area contributed by atoms with Crippen LogP contribution in [0.4, 0.5) is 8.78 Å². The fourth-order valence-corrected chi connectivity index (χ4v) is 2.28. The van der Waals surface area contributed by atoms with Crippen LogP contribution in [-0.2, 0) is 6.42 Å². The number of rotatable bonds is 6. The third-order valence-corrected chi connectivity index (χ3v) is 3.59. The van der Waals surface area contributed by atoms with Crippen molar-refractivity contribution < 1.29 is 8.78 Å². The van der Waals surface area contributed by atoms with Crippen molar-refractivity contribution in [2.45, 2.75) is 45.0 Å². The van der Waals surface area contributed by atoms with Gasteiger partial charge in [0.05, 0.1) is 0 Å². The van der Waals surface area contributed by atoms with E-state index in [9.17, 15) is 8.78 Å². The first kappa shape index (κ1) is 14.0. The van der Waals surface area contributed by atoms with Crippen molar-refractivity contribution in [1.29, 1.82) is 0 Å². The smallest absolute Gasteiger partial charge is 0.207 e. The van der Waals surface area contributed by atoms with Gasteiger partial charge < -0.3 is 0 Å². The molecule has 2 aromatic rings. The highest BCUT2D eigenvalue weighted by Crippen LogP contribution is 2.25. The number of hydrogen-bond acceptors (Lipinski definition) is 0. The van der Waals surface area contributed by atoms with Crippen LogP contribution in [0.25, 0.3) is 10.8 Å². The molecule has 2 rings (SSSR count). The van der Waals surface area contributed by atoms with Gasteiger partial charge in [0, 0.05) is 12.8 Å². The Bertz CT molecular complexity index is 532. The largest absolute Gasteiger partial charge is 0.247 e. The minimum Gasteiger partial charge on any atom is -0.207 e. The number of aryl methyl sites for hydroxylation is 1. The zero-order chi connectivity index (χ0) is 13.7. The van der Waals surface area contributed by atoms with Gasteiger partial charge in [0.2, 0.25) is 5.92 Å². The van der Waals surface area contributed by atoms with Gasteiger partial charge in [-0.3, -0.25) is 0 Å². The number of halogens is 2. The quantitative estimate of drug-likeness (QED) is 0.594. The number of alkyl halides is 2. The molecule has 0 aliphatic heterocycles. The first-order valence-corrected chi connectivity index (χ1v) is 6.96. The average Bonchev–Trinajstić information content (AvgIpc) is 2.43. The predicted octanol–water partition coefficient (Wildman–Crippen LogP) is 5.60. The Morgan fingerprint density at radius 2 is 1.68 bits per heavy atom. The van der Waals surface area contributed by atoms with E-state index in [1.54, 1.807) is 6.92 Å². The maximum Gasteiger partial charge on any atom is 0.247 e. The number of hydrogen-bond donors (Lipinski definition) is 0. The van der Waals surface area contributed by atoms with Crippen LogP contribution in [0.1, 0.15) is 38.2 Å². The molecular weight excluding hydrogens is 242 g/mol. The minimum absolute atomic E-state index is 0.0110. The van der Waals surface area contributed by atoms with E-state index in [2.05, 4.69) is 30.3 Å². The van der Waals surface area contributed by atoms with E-state index >= 15 is 0 Å². The highest BCUT2D eigenvalue weighted by Gasteiger charge is 2.24. The van der Waals surface area contributed by atoms with Gasteiger partial charge in [-0.25, -0.2) is 8.78 Å². The van der Waals surface area contributed by atoms with Crippen molar-refractivity contribution in [1.82, 2.24) is 0 Å². The van der Waals surface area contributed by atoms with E-state index in [1.807, 2.05) is 12.1 Å². The van der Waals surface area contributed by atoms with Crippen LogP contribution in [0, 0.1) is 0 Å². The van der Waals surface area contributed by atoms with Crippen molar-refractivity contribution in [2.24, 2.45) is 0 Å². The molecule has 0 bridgehead atoms. The third-order valence-electron chi connectivity index (χ3n) is 3.59. The second-order valence-electron chi connectivity index (χ2n) is 5.10. The van der Waals surface area contributed by atoms with Gasteiger partial charge in [-0.2, -0.15) is 0 Å².